The van der Waals surface area contributed by atoms with Gasteiger partial charge >= 0.3 is 33.4 Å². The molecule has 0 amide bonds. The molecule has 15 heteroatoms. The van der Waals surface area contributed by atoms with Gasteiger partial charge in [-0.1, -0.05) is 70.2 Å². The predicted molar refractivity (Wildman–Crippen MR) is 99.5 cm³/mol. The van der Waals surface area contributed by atoms with Gasteiger partial charge in [-0.15, -0.1) is 0 Å². The Kier molecular flexibility index (Phi) is 11.8. The van der Waals surface area contributed by atoms with Crippen LogP contribution in [0.2, 0.25) is 0 Å². The van der Waals surface area contributed by atoms with Gasteiger partial charge in [-0.3, -0.25) is 0 Å². The maximum atomic E-state index is 11.4. The van der Waals surface area contributed by atoms with Crippen LogP contribution in [0, 0.1) is 0 Å². The first-order valence-electron chi connectivity index (χ1n) is 7.74. The predicted octanol–water partition coefficient (Wildman–Crippen LogP) is 5.92. The van der Waals surface area contributed by atoms with Crippen LogP contribution in [0.1, 0.15) is 62.3 Å². The van der Waals surface area contributed by atoms with Crippen molar-refractivity contribution < 1.29 is 65.6 Å². The van der Waals surface area contributed by atoms with E-state index >= 15 is 0 Å². The molecule has 5 nitrogen and oxygen atoms in total. The minimum Gasteiger partial charge on any atom is -0.421 e. The zero-order chi connectivity index (χ0) is 23.8. The molecule has 0 aromatic rings. The topological polar surface area (TPSA) is 82.4 Å². The summed E-state index contributed by atoms with van der Waals surface area (Å²) >= 11 is 0. The van der Waals surface area contributed by atoms with E-state index in [0.717, 1.165) is 4.13 Å². The van der Waals surface area contributed by atoms with Gasteiger partial charge in [0.25, 0.3) is 0 Å². The van der Waals surface area contributed by atoms with Crippen molar-refractivity contribution in [2.24, 2.45) is 0 Å². The fourth-order valence-electron chi connectivity index (χ4n) is 3.23. The van der Waals surface area contributed by atoms with Crippen molar-refractivity contribution >= 4 is 28.0 Å². The number of hydrogen-bond donors (Lipinski definition) is 0. The van der Waals surface area contributed by atoms with Crippen molar-refractivity contribution in [1.82, 2.24) is 0 Å². The number of hydrogen-bond acceptors (Lipinski definition) is 4. The molecule has 0 heterocycles. The summed E-state index contributed by atoms with van der Waals surface area (Å²) in [6, 6.07) is 0. The van der Waals surface area contributed by atoms with Crippen molar-refractivity contribution in [2.45, 2.75) is 88.8 Å². The second-order valence-electron chi connectivity index (χ2n) is 8.76. The fraction of sp³-hybridized carbons (Fsp3) is 1.00. The molecule has 0 N–H and O–H groups in total. The van der Waals surface area contributed by atoms with Crippen molar-refractivity contribution in [3.05, 3.63) is 4.13 Å². The van der Waals surface area contributed by atoms with E-state index in [4.69, 9.17) is 0 Å². The summed E-state index contributed by atoms with van der Waals surface area (Å²) in [7, 11) is -13.4. The minimum absolute atomic E-state index is 0. The van der Waals surface area contributed by atoms with E-state index in [1.807, 2.05) is 0 Å². The van der Waals surface area contributed by atoms with Gasteiger partial charge in [0, 0.05) is 0 Å². The smallest absolute Gasteiger partial charge is 0.421 e. The zero-order valence-corrected chi connectivity index (χ0v) is 22.1. The molecule has 0 atom stereocenters. The first-order valence-corrected chi connectivity index (χ1v) is 12.0. The molecule has 0 radical (unpaired) electrons. The molecule has 0 bridgehead atoms. The summed E-state index contributed by atoms with van der Waals surface area (Å²) < 4.78 is 109. The molecule has 0 aliphatic rings. The molecule has 0 spiro atoms. The number of alkyl halides is 6. The third-order valence-corrected chi connectivity index (χ3v) is 9.56. The normalized spacial score (nSPS) is 14.8. The Morgan fingerprint density at radius 1 is 0.552 bits per heavy atom. The molecular formula is C14H27AuF6NO4PS2. The van der Waals surface area contributed by atoms with Crippen LogP contribution in [0.4, 0.5) is 26.3 Å². The Labute approximate surface area is 186 Å². The summed E-state index contributed by atoms with van der Waals surface area (Å²) in [5.74, 6) is 0. The van der Waals surface area contributed by atoms with Gasteiger partial charge in [-0.25, -0.2) is 16.8 Å². The van der Waals surface area contributed by atoms with Gasteiger partial charge in [-0.05, 0) is 15.5 Å². The van der Waals surface area contributed by atoms with Crippen LogP contribution < -0.4 is 0 Å². The second-order valence-corrected chi connectivity index (χ2v) is 16.9. The van der Waals surface area contributed by atoms with Gasteiger partial charge in [0.05, 0.1) is 0 Å². The van der Waals surface area contributed by atoms with Crippen LogP contribution in [0.15, 0.2) is 0 Å². The summed E-state index contributed by atoms with van der Waals surface area (Å²) in [5, 5.41) is 1.35. The standard InChI is InChI=1S/C12H27P.C2F6NO4S2.Au/c1-10(2,3)13(11(4,5)6)12(7,8)9;3-1(4,5)14(10,11)9-15(12,13)2(6,7)8;/h1-9H3;;/q;-1;+1. The molecule has 182 valence electrons. The average molecular weight is 679 g/mol. The van der Waals surface area contributed by atoms with Crippen LogP contribution in [0.5, 0.6) is 0 Å². The van der Waals surface area contributed by atoms with Gasteiger partial charge in [0.2, 0.25) is 0 Å². The summed E-state index contributed by atoms with van der Waals surface area (Å²) in [5.41, 5.74) is -12.4. The second kappa shape index (κ2) is 10.0. The number of nitrogens with zero attached hydrogens (tertiary/aromatic N) is 1. The summed E-state index contributed by atoms with van der Waals surface area (Å²) in [6.45, 7) is 21.5. The van der Waals surface area contributed by atoms with E-state index in [0.29, 0.717) is 15.5 Å². The van der Waals surface area contributed by atoms with E-state index in [9.17, 15) is 43.2 Å². The third kappa shape index (κ3) is 11.2. The Bertz CT molecular complexity index is 655. The Balaban J connectivity index is -0.000000455. The van der Waals surface area contributed by atoms with E-state index in [1.54, 1.807) is 0 Å². The third-order valence-electron chi connectivity index (χ3n) is 2.79. The number of rotatable bonds is 2. The minimum atomic E-state index is -6.72. The average Bonchev–Trinajstić information content (AvgIpc) is 2.16. The largest absolute Gasteiger partial charge is 1.00 e. The van der Waals surface area contributed by atoms with E-state index in [1.165, 1.54) is 0 Å². The van der Waals surface area contributed by atoms with E-state index in [2.05, 4.69) is 62.3 Å². The van der Waals surface area contributed by atoms with E-state index in [-0.39, 0.29) is 30.3 Å². The van der Waals surface area contributed by atoms with E-state index < -0.39 is 31.1 Å². The molecule has 0 aromatic heterocycles. The monoisotopic (exact) mass is 679 g/mol. The quantitative estimate of drug-likeness (QED) is 0.206. The first kappa shape index (κ1) is 34.2. The van der Waals surface area contributed by atoms with Crippen LogP contribution in [-0.4, -0.2) is 43.3 Å². The Morgan fingerprint density at radius 2 is 0.724 bits per heavy atom. The Morgan fingerprint density at radius 3 is 0.793 bits per heavy atom. The number of sulfonamides is 2. The molecule has 0 aliphatic carbocycles. The molecule has 0 aromatic carbocycles. The molecule has 0 fully saturated rings. The van der Waals surface area contributed by atoms with Crippen molar-refractivity contribution in [3.63, 3.8) is 0 Å². The molecule has 0 rings (SSSR count). The zero-order valence-electron chi connectivity index (χ0n) is 17.4. The molecule has 0 saturated carbocycles. The summed E-state index contributed by atoms with van der Waals surface area (Å²) in [6.07, 6.45) is 0. The van der Waals surface area contributed by atoms with Gasteiger partial charge in [-0.2, -0.15) is 26.3 Å². The molecule has 29 heavy (non-hydrogen) atoms. The maximum absolute atomic E-state index is 11.4. The van der Waals surface area contributed by atoms with Crippen LogP contribution in [-0.2, 0) is 42.4 Å². The van der Waals surface area contributed by atoms with Crippen molar-refractivity contribution in [1.29, 1.82) is 0 Å². The maximum Gasteiger partial charge on any atom is 1.00 e. The SMILES string of the molecule is CC(C)(C)P(C(C)(C)C)C(C)(C)C.O=S(=O)([N-]S(=O)(=O)C(F)(F)F)C(F)(F)F.[Au+]. The summed E-state index contributed by atoms with van der Waals surface area (Å²) in [4.78, 5) is 0. The van der Waals surface area contributed by atoms with Crippen LogP contribution in [0.25, 0.3) is 4.13 Å². The van der Waals surface area contributed by atoms with Crippen molar-refractivity contribution in [2.75, 3.05) is 0 Å². The van der Waals surface area contributed by atoms with Crippen LogP contribution >= 0.6 is 7.92 Å². The molecular weight excluding hydrogens is 652 g/mol. The number of halogens is 6. The van der Waals surface area contributed by atoms with Gasteiger partial charge < -0.3 is 4.13 Å². The van der Waals surface area contributed by atoms with Crippen LogP contribution in [0.3, 0.4) is 0 Å². The molecule has 0 aliphatic heterocycles. The Hall–Kier alpha value is 0.610. The molecule has 0 unspecified atom stereocenters. The van der Waals surface area contributed by atoms with Crippen molar-refractivity contribution in [3.8, 4) is 0 Å². The van der Waals surface area contributed by atoms with Gasteiger partial charge in [0.15, 0.2) is 20.0 Å². The first-order chi connectivity index (χ1) is 11.6. The fourth-order valence-corrected chi connectivity index (χ4v) is 11.0. The van der Waals surface area contributed by atoms with Gasteiger partial charge in [0.1, 0.15) is 0 Å². The molecule has 0 saturated heterocycles.